The molecule has 7 nitrogen and oxygen atoms in total. The molecule has 3 aromatic carbocycles. The predicted molar refractivity (Wildman–Crippen MR) is 129 cm³/mol. The topological polar surface area (TPSA) is 87.0 Å². The van der Waals surface area contributed by atoms with Crippen LogP contribution in [0.25, 0.3) is 16.6 Å². The number of ether oxygens (including phenoxy) is 3. The van der Waals surface area contributed by atoms with Crippen molar-refractivity contribution in [1.29, 1.82) is 0 Å². The van der Waals surface area contributed by atoms with Crippen LogP contribution in [0.3, 0.4) is 0 Å². The Hall–Kier alpha value is -4.47. The van der Waals surface area contributed by atoms with Crippen molar-refractivity contribution in [3.05, 3.63) is 83.6 Å². The number of methoxy groups -OCH3 is 1. The van der Waals surface area contributed by atoms with Gasteiger partial charge in [0.25, 0.3) is 0 Å². The molecule has 1 aromatic heterocycles. The molecule has 0 saturated carbocycles. The number of nitrogens with zero attached hydrogens (tertiary/aromatic N) is 1. The minimum Gasteiger partial charge on any atom is -0.497 e. The summed E-state index contributed by atoms with van der Waals surface area (Å²) in [5.41, 5.74) is 1.87. The smallest absolute Gasteiger partial charge is 0.497 e. The Balaban J connectivity index is 1.90. The molecule has 0 fully saturated rings. The Bertz CT molecular complexity index is 1470. The molecule has 0 amide bonds. The lowest BCUT2D eigenvalue weighted by Gasteiger charge is -2.14. The van der Waals surface area contributed by atoms with Gasteiger partial charge in [0.2, 0.25) is 0 Å². The van der Waals surface area contributed by atoms with Crippen molar-refractivity contribution in [2.24, 2.45) is 0 Å². The Labute approximate surface area is 209 Å². The Morgan fingerprint density at radius 3 is 2.24 bits per heavy atom. The van der Waals surface area contributed by atoms with Gasteiger partial charge in [-0.05, 0) is 62.4 Å². The zero-order valence-electron chi connectivity index (χ0n) is 20.0. The highest BCUT2D eigenvalue weighted by Gasteiger charge is 2.32. The SMILES string of the molecule is COc1ccc(C(=O)c2c(C)n(-c3cccc(O[C@H](C)C(=O)O)c3)c3cc(OC(F)(F)F)ccc23)cc1. The van der Waals surface area contributed by atoms with Gasteiger partial charge in [-0.25, -0.2) is 4.79 Å². The van der Waals surface area contributed by atoms with E-state index in [2.05, 4.69) is 4.74 Å². The molecule has 0 aliphatic heterocycles. The van der Waals surface area contributed by atoms with Crippen molar-refractivity contribution in [2.45, 2.75) is 26.3 Å². The molecular formula is C27H22F3NO6. The van der Waals surface area contributed by atoms with Gasteiger partial charge < -0.3 is 23.9 Å². The van der Waals surface area contributed by atoms with Gasteiger partial charge in [0.1, 0.15) is 17.2 Å². The van der Waals surface area contributed by atoms with Gasteiger partial charge in [-0.1, -0.05) is 6.07 Å². The number of fused-ring (bicyclic) bond motifs is 1. The zero-order valence-corrected chi connectivity index (χ0v) is 20.0. The first-order chi connectivity index (χ1) is 17.5. The summed E-state index contributed by atoms with van der Waals surface area (Å²) in [6.45, 7) is 3.05. The average Bonchev–Trinajstić information content (AvgIpc) is 3.13. The first-order valence-electron chi connectivity index (χ1n) is 11.1. The quantitative estimate of drug-likeness (QED) is 0.294. The lowest BCUT2D eigenvalue weighted by molar-refractivity contribution is -0.274. The van der Waals surface area contributed by atoms with Gasteiger partial charge in [0, 0.05) is 34.5 Å². The summed E-state index contributed by atoms with van der Waals surface area (Å²) in [6.07, 6.45) is -6.03. The normalized spacial score (nSPS) is 12.3. The number of halogens is 3. The Morgan fingerprint density at radius 1 is 0.946 bits per heavy atom. The van der Waals surface area contributed by atoms with E-state index in [4.69, 9.17) is 14.6 Å². The highest BCUT2D eigenvalue weighted by atomic mass is 19.4. The number of carboxylic acids is 1. The number of hydrogen-bond acceptors (Lipinski definition) is 5. The summed E-state index contributed by atoms with van der Waals surface area (Å²) in [7, 11) is 1.50. The van der Waals surface area contributed by atoms with Crippen LogP contribution in [0, 0.1) is 6.92 Å². The first kappa shape index (κ1) is 25.6. The summed E-state index contributed by atoms with van der Waals surface area (Å²) in [5.74, 6) is -1.14. The molecule has 0 unspecified atom stereocenters. The number of carboxylic acid groups (broad SMARTS) is 1. The third-order valence-corrected chi connectivity index (χ3v) is 5.73. The zero-order chi connectivity index (χ0) is 26.9. The number of benzene rings is 3. The predicted octanol–water partition coefficient (Wildman–Crippen LogP) is 5.93. The highest BCUT2D eigenvalue weighted by molar-refractivity contribution is 6.18. The molecule has 0 radical (unpaired) electrons. The van der Waals surface area contributed by atoms with Gasteiger partial charge in [0.15, 0.2) is 11.9 Å². The molecule has 0 bridgehead atoms. The molecule has 0 saturated heterocycles. The largest absolute Gasteiger partial charge is 0.573 e. The van der Waals surface area contributed by atoms with E-state index < -0.39 is 24.2 Å². The third kappa shape index (κ3) is 5.37. The van der Waals surface area contributed by atoms with Crippen molar-refractivity contribution in [3.8, 4) is 22.9 Å². The standard InChI is InChI=1S/C27H22F3NO6/c1-15-24(25(32)17-7-9-19(35-3)10-8-17)22-12-11-21(37-27(28,29)30)14-23(22)31(15)18-5-4-6-20(13-18)36-16(2)26(33)34/h4-14,16H,1-3H3,(H,33,34)/t16-/m1/s1. The van der Waals surface area contributed by atoms with Crippen molar-refractivity contribution in [3.63, 3.8) is 0 Å². The second-order valence-electron chi connectivity index (χ2n) is 8.18. The number of carbonyl (C=O) groups excluding carboxylic acids is 1. The maximum Gasteiger partial charge on any atom is 0.573 e. The molecule has 4 rings (SSSR count). The second-order valence-corrected chi connectivity index (χ2v) is 8.18. The Kier molecular flexibility index (Phi) is 6.84. The van der Waals surface area contributed by atoms with Crippen molar-refractivity contribution in [2.75, 3.05) is 7.11 Å². The fourth-order valence-corrected chi connectivity index (χ4v) is 4.05. The van der Waals surface area contributed by atoms with Gasteiger partial charge in [-0.15, -0.1) is 13.2 Å². The van der Waals surface area contributed by atoms with Crippen LogP contribution >= 0.6 is 0 Å². The van der Waals surface area contributed by atoms with Crippen LogP contribution in [0.4, 0.5) is 13.2 Å². The lowest BCUT2D eigenvalue weighted by atomic mass is 10.0. The third-order valence-electron chi connectivity index (χ3n) is 5.73. The van der Waals surface area contributed by atoms with Crippen LogP contribution in [-0.2, 0) is 4.79 Å². The molecule has 0 aliphatic carbocycles. The molecule has 1 atom stereocenters. The van der Waals surface area contributed by atoms with E-state index in [0.29, 0.717) is 39.2 Å². The van der Waals surface area contributed by atoms with Crippen LogP contribution in [0.15, 0.2) is 66.7 Å². The minimum atomic E-state index is -4.90. The molecule has 4 aromatic rings. The molecule has 1 heterocycles. The van der Waals surface area contributed by atoms with E-state index in [0.717, 1.165) is 6.07 Å². The second kappa shape index (κ2) is 9.88. The summed E-state index contributed by atoms with van der Waals surface area (Å²) >= 11 is 0. The summed E-state index contributed by atoms with van der Waals surface area (Å²) in [4.78, 5) is 24.8. The summed E-state index contributed by atoms with van der Waals surface area (Å²) in [5, 5.41) is 9.58. The van der Waals surface area contributed by atoms with E-state index >= 15 is 0 Å². The number of aliphatic carboxylic acids is 1. The Morgan fingerprint density at radius 2 is 1.62 bits per heavy atom. The summed E-state index contributed by atoms with van der Waals surface area (Å²) < 4.78 is 55.2. The summed E-state index contributed by atoms with van der Waals surface area (Å²) in [6, 6.07) is 16.6. The molecule has 10 heteroatoms. The van der Waals surface area contributed by atoms with Crippen LogP contribution < -0.4 is 14.2 Å². The number of alkyl halides is 3. The monoisotopic (exact) mass is 513 g/mol. The van der Waals surface area contributed by atoms with Crippen LogP contribution in [0.2, 0.25) is 0 Å². The van der Waals surface area contributed by atoms with Crippen molar-refractivity contribution >= 4 is 22.7 Å². The highest BCUT2D eigenvalue weighted by Crippen LogP contribution is 2.35. The molecule has 0 spiro atoms. The van der Waals surface area contributed by atoms with Gasteiger partial charge >= 0.3 is 12.3 Å². The maximum absolute atomic E-state index is 13.6. The van der Waals surface area contributed by atoms with Gasteiger partial charge in [-0.2, -0.15) is 0 Å². The number of carbonyl (C=O) groups is 2. The van der Waals surface area contributed by atoms with Crippen molar-refractivity contribution < 1.29 is 42.1 Å². The van der Waals surface area contributed by atoms with Gasteiger partial charge in [0.05, 0.1) is 18.2 Å². The molecule has 192 valence electrons. The molecule has 1 N–H and O–H groups in total. The fourth-order valence-electron chi connectivity index (χ4n) is 4.05. The van der Waals surface area contributed by atoms with Crippen LogP contribution in [-0.4, -0.2) is 41.0 Å². The van der Waals surface area contributed by atoms with E-state index in [1.54, 1.807) is 60.0 Å². The van der Waals surface area contributed by atoms with E-state index in [-0.39, 0.29) is 11.5 Å². The maximum atomic E-state index is 13.6. The first-order valence-corrected chi connectivity index (χ1v) is 11.1. The van der Waals surface area contributed by atoms with Crippen molar-refractivity contribution in [1.82, 2.24) is 4.57 Å². The fraction of sp³-hybridized carbons (Fsp3) is 0.185. The number of ketones is 1. The number of hydrogen-bond donors (Lipinski definition) is 1. The van der Waals surface area contributed by atoms with Crippen LogP contribution in [0.5, 0.6) is 17.2 Å². The molecule has 37 heavy (non-hydrogen) atoms. The van der Waals surface area contributed by atoms with E-state index in [9.17, 15) is 22.8 Å². The number of rotatable bonds is 8. The number of aromatic nitrogens is 1. The van der Waals surface area contributed by atoms with Crippen LogP contribution in [0.1, 0.15) is 28.5 Å². The van der Waals surface area contributed by atoms with Gasteiger partial charge in [-0.3, -0.25) is 4.79 Å². The lowest BCUT2D eigenvalue weighted by Crippen LogP contribution is -2.22. The minimum absolute atomic E-state index is 0.236. The molecular weight excluding hydrogens is 491 g/mol. The molecule has 0 aliphatic rings. The average molecular weight is 513 g/mol. The van der Waals surface area contributed by atoms with E-state index in [1.165, 1.54) is 26.2 Å². The van der Waals surface area contributed by atoms with E-state index in [1.807, 2.05) is 0 Å².